The molecule has 1 aromatic heterocycles. The predicted octanol–water partition coefficient (Wildman–Crippen LogP) is 2.11. The van der Waals surface area contributed by atoms with Crippen LogP contribution in [0.4, 0.5) is 5.95 Å². The lowest BCUT2D eigenvalue weighted by atomic mass is 9.85. The quantitative estimate of drug-likeness (QED) is 0.767. The Morgan fingerprint density at radius 1 is 1.62 bits per heavy atom. The van der Waals surface area contributed by atoms with E-state index in [1.807, 2.05) is 12.4 Å². The van der Waals surface area contributed by atoms with E-state index in [2.05, 4.69) is 21.8 Å². The number of aryl methyl sites for hydroxylation is 1. The minimum Gasteiger partial charge on any atom is -0.355 e. The third-order valence-corrected chi connectivity index (χ3v) is 2.83. The second kappa shape index (κ2) is 3.81. The summed E-state index contributed by atoms with van der Waals surface area (Å²) in [4.78, 5) is 4.27. The average molecular weight is 179 g/mol. The molecule has 1 heterocycles. The monoisotopic (exact) mass is 179 g/mol. The minimum absolute atomic E-state index is 0.891. The van der Waals surface area contributed by atoms with E-state index in [9.17, 15) is 0 Å². The van der Waals surface area contributed by atoms with Gasteiger partial charge in [-0.2, -0.15) is 0 Å². The van der Waals surface area contributed by atoms with Crippen molar-refractivity contribution in [3.05, 3.63) is 12.4 Å². The van der Waals surface area contributed by atoms with Gasteiger partial charge in [0.05, 0.1) is 0 Å². The van der Waals surface area contributed by atoms with Gasteiger partial charge in [0.1, 0.15) is 0 Å². The molecule has 0 saturated heterocycles. The molecule has 1 aliphatic carbocycles. The van der Waals surface area contributed by atoms with Crippen LogP contribution in [-0.4, -0.2) is 16.1 Å². The van der Waals surface area contributed by atoms with Crippen LogP contribution in [0.2, 0.25) is 0 Å². The number of nitrogens with one attached hydrogen (secondary N) is 1. The Bertz CT molecular complexity index is 263. The molecule has 1 aliphatic rings. The van der Waals surface area contributed by atoms with Crippen LogP contribution in [0.3, 0.4) is 0 Å². The number of imidazole rings is 1. The van der Waals surface area contributed by atoms with Crippen molar-refractivity contribution >= 4 is 5.95 Å². The third kappa shape index (κ3) is 1.85. The summed E-state index contributed by atoms with van der Waals surface area (Å²) in [7, 11) is 0. The van der Waals surface area contributed by atoms with Gasteiger partial charge in [0.15, 0.2) is 0 Å². The predicted molar refractivity (Wildman–Crippen MR) is 53.7 cm³/mol. The Morgan fingerprint density at radius 3 is 3.08 bits per heavy atom. The van der Waals surface area contributed by atoms with E-state index in [1.165, 1.54) is 19.3 Å². The van der Waals surface area contributed by atoms with Gasteiger partial charge in [-0.15, -0.1) is 0 Å². The lowest BCUT2D eigenvalue weighted by molar-refractivity contribution is 0.332. The van der Waals surface area contributed by atoms with E-state index in [4.69, 9.17) is 0 Å². The summed E-state index contributed by atoms with van der Waals surface area (Å²) in [5.41, 5.74) is 0. The van der Waals surface area contributed by atoms with Crippen molar-refractivity contribution in [1.82, 2.24) is 9.55 Å². The van der Waals surface area contributed by atoms with Crippen molar-refractivity contribution in [3.63, 3.8) is 0 Å². The molecule has 0 aliphatic heterocycles. The largest absolute Gasteiger partial charge is 0.355 e. The first-order valence-electron chi connectivity index (χ1n) is 5.15. The van der Waals surface area contributed by atoms with Crippen LogP contribution < -0.4 is 5.32 Å². The van der Waals surface area contributed by atoms with Crippen molar-refractivity contribution in [2.45, 2.75) is 32.7 Å². The van der Waals surface area contributed by atoms with Crippen LogP contribution in [0.5, 0.6) is 0 Å². The molecule has 3 nitrogen and oxygen atoms in total. The zero-order valence-corrected chi connectivity index (χ0v) is 8.16. The van der Waals surface area contributed by atoms with Crippen molar-refractivity contribution in [2.24, 2.45) is 5.92 Å². The summed E-state index contributed by atoms with van der Waals surface area (Å²) >= 11 is 0. The number of hydrogen-bond acceptors (Lipinski definition) is 2. The molecule has 0 radical (unpaired) electrons. The molecular weight excluding hydrogens is 162 g/mol. The Labute approximate surface area is 79.2 Å². The lowest BCUT2D eigenvalue weighted by Gasteiger charge is -2.25. The molecule has 1 saturated carbocycles. The van der Waals surface area contributed by atoms with Gasteiger partial charge in [-0.05, 0) is 25.7 Å². The van der Waals surface area contributed by atoms with Crippen molar-refractivity contribution < 1.29 is 0 Å². The number of anilines is 1. The molecule has 1 fully saturated rings. The first-order chi connectivity index (χ1) is 6.40. The fraction of sp³-hybridized carbons (Fsp3) is 0.700. The highest BCUT2D eigenvalue weighted by Gasteiger charge is 2.17. The maximum Gasteiger partial charge on any atom is 0.202 e. The van der Waals surface area contributed by atoms with Crippen LogP contribution in [0.15, 0.2) is 12.4 Å². The standard InChI is InChI=1S/C10H17N3/c1-2-13-7-6-11-10(13)12-8-9-4-3-5-9/h6-7,9H,2-5,8H2,1H3,(H,11,12). The molecular formula is C10H17N3. The molecule has 72 valence electrons. The summed E-state index contributed by atoms with van der Waals surface area (Å²) in [6.07, 6.45) is 8.06. The molecule has 0 atom stereocenters. The molecule has 0 amide bonds. The molecule has 0 bridgehead atoms. The fourth-order valence-electron chi connectivity index (χ4n) is 1.66. The molecule has 1 aromatic rings. The summed E-state index contributed by atoms with van der Waals surface area (Å²) in [5.74, 6) is 1.91. The second-order valence-electron chi connectivity index (χ2n) is 3.71. The van der Waals surface area contributed by atoms with E-state index in [0.29, 0.717) is 0 Å². The van der Waals surface area contributed by atoms with Gasteiger partial charge in [0, 0.05) is 25.5 Å². The number of hydrogen-bond donors (Lipinski definition) is 1. The van der Waals surface area contributed by atoms with Crippen LogP contribution >= 0.6 is 0 Å². The van der Waals surface area contributed by atoms with Gasteiger partial charge in [0.2, 0.25) is 5.95 Å². The van der Waals surface area contributed by atoms with E-state index in [0.717, 1.165) is 25.0 Å². The first-order valence-corrected chi connectivity index (χ1v) is 5.15. The molecule has 0 unspecified atom stereocenters. The van der Waals surface area contributed by atoms with Gasteiger partial charge >= 0.3 is 0 Å². The molecule has 0 aromatic carbocycles. The van der Waals surface area contributed by atoms with Gasteiger partial charge in [-0.3, -0.25) is 0 Å². The van der Waals surface area contributed by atoms with Crippen LogP contribution in [0.25, 0.3) is 0 Å². The average Bonchev–Trinajstić information content (AvgIpc) is 2.49. The van der Waals surface area contributed by atoms with Gasteiger partial charge in [0.25, 0.3) is 0 Å². The number of rotatable bonds is 4. The highest BCUT2D eigenvalue weighted by Crippen LogP contribution is 2.26. The fourth-order valence-corrected chi connectivity index (χ4v) is 1.66. The Kier molecular flexibility index (Phi) is 2.52. The SMILES string of the molecule is CCn1ccnc1NCC1CCC1. The second-order valence-corrected chi connectivity index (χ2v) is 3.71. The maximum absolute atomic E-state index is 4.27. The highest BCUT2D eigenvalue weighted by molar-refractivity contribution is 5.25. The Balaban J connectivity index is 1.85. The van der Waals surface area contributed by atoms with E-state index < -0.39 is 0 Å². The smallest absolute Gasteiger partial charge is 0.202 e. The van der Waals surface area contributed by atoms with Gasteiger partial charge in [-0.1, -0.05) is 6.42 Å². The third-order valence-electron chi connectivity index (χ3n) is 2.83. The molecule has 13 heavy (non-hydrogen) atoms. The normalized spacial score (nSPS) is 17.0. The molecule has 2 rings (SSSR count). The Morgan fingerprint density at radius 2 is 2.46 bits per heavy atom. The zero-order chi connectivity index (χ0) is 9.10. The lowest BCUT2D eigenvalue weighted by Crippen LogP contribution is -2.22. The molecule has 1 N–H and O–H groups in total. The van der Waals surface area contributed by atoms with Crippen LogP contribution in [0.1, 0.15) is 26.2 Å². The topological polar surface area (TPSA) is 29.9 Å². The van der Waals surface area contributed by atoms with E-state index >= 15 is 0 Å². The zero-order valence-electron chi connectivity index (χ0n) is 8.16. The minimum atomic E-state index is 0.891. The first kappa shape index (κ1) is 8.60. The van der Waals surface area contributed by atoms with Gasteiger partial charge in [-0.25, -0.2) is 4.98 Å². The van der Waals surface area contributed by atoms with Crippen molar-refractivity contribution in [1.29, 1.82) is 0 Å². The maximum atomic E-state index is 4.27. The molecule has 0 spiro atoms. The van der Waals surface area contributed by atoms with E-state index in [-0.39, 0.29) is 0 Å². The summed E-state index contributed by atoms with van der Waals surface area (Å²) in [5, 5.41) is 3.40. The summed E-state index contributed by atoms with van der Waals surface area (Å²) in [6.45, 7) is 4.22. The summed E-state index contributed by atoms with van der Waals surface area (Å²) < 4.78 is 2.14. The molecule has 3 heteroatoms. The van der Waals surface area contributed by atoms with Crippen molar-refractivity contribution in [3.8, 4) is 0 Å². The van der Waals surface area contributed by atoms with Crippen molar-refractivity contribution in [2.75, 3.05) is 11.9 Å². The number of nitrogens with zero attached hydrogens (tertiary/aromatic N) is 2. The number of aromatic nitrogens is 2. The Hall–Kier alpha value is -0.990. The van der Waals surface area contributed by atoms with Crippen LogP contribution in [0, 0.1) is 5.92 Å². The summed E-state index contributed by atoms with van der Waals surface area (Å²) in [6, 6.07) is 0. The van der Waals surface area contributed by atoms with Gasteiger partial charge < -0.3 is 9.88 Å². The van der Waals surface area contributed by atoms with E-state index in [1.54, 1.807) is 0 Å². The highest BCUT2D eigenvalue weighted by atomic mass is 15.2. The van der Waals surface area contributed by atoms with Crippen LogP contribution in [-0.2, 0) is 6.54 Å².